The van der Waals surface area contributed by atoms with Crippen molar-refractivity contribution in [2.75, 3.05) is 38.8 Å². The van der Waals surface area contributed by atoms with Crippen molar-refractivity contribution in [3.8, 4) is 0 Å². The van der Waals surface area contributed by atoms with Crippen molar-refractivity contribution in [2.45, 2.75) is 32.2 Å². The molecule has 20 heavy (non-hydrogen) atoms. The van der Waals surface area contributed by atoms with Crippen LogP contribution in [0.25, 0.3) is 0 Å². The van der Waals surface area contributed by atoms with Crippen LogP contribution in [-0.4, -0.2) is 38.8 Å². The standard InChI is InChI=1S/C16H27N3O/c1-4-15(17-2)16-8-7-14(10-18-16)19(3)11-13-6-5-9-20-12-13/h7-8,10,13,15,17H,4-6,9,11-12H2,1-3H3. The maximum Gasteiger partial charge on any atom is 0.0574 e. The Morgan fingerprint density at radius 2 is 2.35 bits per heavy atom. The fourth-order valence-corrected chi connectivity index (χ4v) is 2.83. The van der Waals surface area contributed by atoms with Crippen LogP contribution < -0.4 is 10.2 Å². The summed E-state index contributed by atoms with van der Waals surface area (Å²) in [6, 6.07) is 4.65. The van der Waals surface area contributed by atoms with E-state index in [2.05, 4.69) is 41.3 Å². The van der Waals surface area contributed by atoms with Crippen LogP contribution >= 0.6 is 0 Å². The summed E-state index contributed by atoms with van der Waals surface area (Å²) in [5.41, 5.74) is 2.30. The van der Waals surface area contributed by atoms with Gasteiger partial charge in [0.2, 0.25) is 0 Å². The highest BCUT2D eigenvalue weighted by atomic mass is 16.5. The molecule has 4 nitrogen and oxygen atoms in total. The minimum absolute atomic E-state index is 0.348. The molecule has 2 unspecified atom stereocenters. The molecule has 0 spiro atoms. The predicted octanol–water partition coefficient (Wildman–Crippen LogP) is 2.61. The maximum atomic E-state index is 5.55. The average molecular weight is 277 g/mol. The van der Waals surface area contributed by atoms with E-state index in [0.29, 0.717) is 12.0 Å². The molecule has 1 fully saturated rings. The lowest BCUT2D eigenvalue weighted by Gasteiger charge is -2.28. The van der Waals surface area contributed by atoms with Gasteiger partial charge in [0.1, 0.15) is 0 Å². The molecular formula is C16H27N3O. The van der Waals surface area contributed by atoms with Crippen LogP contribution in [0.1, 0.15) is 37.9 Å². The summed E-state index contributed by atoms with van der Waals surface area (Å²) < 4.78 is 5.55. The third kappa shape index (κ3) is 3.93. The number of anilines is 1. The van der Waals surface area contributed by atoms with Gasteiger partial charge in [-0.15, -0.1) is 0 Å². The largest absolute Gasteiger partial charge is 0.381 e. The zero-order valence-electron chi connectivity index (χ0n) is 12.9. The van der Waals surface area contributed by atoms with Crippen LogP contribution in [0.4, 0.5) is 5.69 Å². The van der Waals surface area contributed by atoms with E-state index in [1.165, 1.54) is 18.5 Å². The highest BCUT2D eigenvalue weighted by Gasteiger charge is 2.16. The monoisotopic (exact) mass is 277 g/mol. The number of nitrogens with zero attached hydrogens (tertiary/aromatic N) is 2. The Kier molecular flexibility index (Phi) is 5.80. The third-order valence-electron chi connectivity index (χ3n) is 4.11. The molecule has 0 aliphatic carbocycles. The summed E-state index contributed by atoms with van der Waals surface area (Å²) in [6.07, 6.45) is 5.50. The van der Waals surface area contributed by atoms with Gasteiger partial charge in [-0.25, -0.2) is 0 Å². The van der Waals surface area contributed by atoms with E-state index in [-0.39, 0.29) is 0 Å². The van der Waals surface area contributed by atoms with E-state index in [0.717, 1.165) is 31.9 Å². The second-order valence-electron chi connectivity index (χ2n) is 5.65. The first-order valence-corrected chi connectivity index (χ1v) is 7.66. The molecule has 2 atom stereocenters. The number of ether oxygens (including phenoxy) is 1. The van der Waals surface area contributed by atoms with Crippen LogP contribution in [0.3, 0.4) is 0 Å². The number of nitrogens with one attached hydrogen (secondary N) is 1. The lowest BCUT2D eigenvalue weighted by Crippen LogP contribution is -2.31. The van der Waals surface area contributed by atoms with E-state index < -0.39 is 0 Å². The first-order valence-electron chi connectivity index (χ1n) is 7.66. The van der Waals surface area contributed by atoms with Gasteiger partial charge in [-0.2, -0.15) is 0 Å². The van der Waals surface area contributed by atoms with E-state index in [9.17, 15) is 0 Å². The topological polar surface area (TPSA) is 37.4 Å². The van der Waals surface area contributed by atoms with Crippen molar-refractivity contribution in [1.82, 2.24) is 10.3 Å². The molecule has 0 aromatic carbocycles. The molecule has 1 aliphatic heterocycles. The van der Waals surface area contributed by atoms with Gasteiger partial charge in [0, 0.05) is 26.2 Å². The Hall–Kier alpha value is -1.13. The number of aromatic nitrogens is 1. The Bertz CT molecular complexity index is 383. The molecule has 1 N–H and O–H groups in total. The van der Waals surface area contributed by atoms with Gasteiger partial charge in [0.25, 0.3) is 0 Å². The van der Waals surface area contributed by atoms with E-state index >= 15 is 0 Å². The van der Waals surface area contributed by atoms with Crippen molar-refractivity contribution >= 4 is 5.69 Å². The summed E-state index contributed by atoms with van der Waals surface area (Å²) in [5.74, 6) is 0.647. The summed E-state index contributed by atoms with van der Waals surface area (Å²) >= 11 is 0. The van der Waals surface area contributed by atoms with Crippen molar-refractivity contribution in [1.29, 1.82) is 0 Å². The Balaban J connectivity index is 1.94. The molecule has 0 bridgehead atoms. The molecule has 2 rings (SSSR count). The Labute approximate surface area is 122 Å². The lowest BCUT2D eigenvalue weighted by atomic mass is 10.0. The van der Waals surface area contributed by atoms with Crippen LogP contribution in [0.5, 0.6) is 0 Å². The summed E-state index contributed by atoms with van der Waals surface area (Å²) in [5, 5.41) is 3.29. The molecule has 4 heteroatoms. The minimum atomic E-state index is 0.348. The van der Waals surface area contributed by atoms with E-state index in [1.807, 2.05) is 13.2 Å². The SMILES string of the molecule is CCC(NC)c1ccc(N(C)CC2CCCOC2)cn1. The molecular weight excluding hydrogens is 250 g/mol. The zero-order chi connectivity index (χ0) is 14.4. The second kappa shape index (κ2) is 7.60. The quantitative estimate of drug-likeness (QED) is 0.867. The highest BCUT2D eigenvalue weighted by Crippen LogP contribution is 2.20. The molecule has 2 heterocycles. The van der Waals surface area contributed by atoms with Crippen LogP contribution in [0.15, 0.2) is 18.3 Å². The fourth-order valence-electron chi connectivity index (χ4n) is 2.83. The zero-order valence-corrected chi connectivity index (χ0v) is 12.9. The average Bonchev–Trinajstić information content (AvgIpc) is 2.50. The highest BCUT2D eigenvalue weighted by molar-refractivity contribution is 5.44. The number of hydrogen-bond donors (Lipinski definition) is 1. The molecule has 1 aromatic rings. The molecule has 0 amide bonds. The van der Waals surface area contributed by atoms with Gasteiger partial charge in [-0.05, 0) is 44.4 Å². The van der Waals surface area contributed by atoms with E-state index in [1.54, 1.807) is 0 Å². The van der Waals surface area contributed by atoms with Crippen LogP contribution in [0.2, 0.25) is 0 Å². The van der Waals surface area contributed by atoms with Gasteiger partial charge in [-0.3, -0.25) is 4.98 Å². The molecule has 1 aromatic heterocycles. The molecule has 0 radical (unpaired) electrons. The summed E-state index contributed by atoms with van der Waals surface area (Å²) in [7, 11) is 4.12. The van der Waals surface area contributed by atoms with Crippen LogP contribution in [-0.2, 0) is 4.74 Å². The molecule has 1 saturated heterocycles. The molecule has 0 saturated carbocycles. The van der Waals surface area contributed by atoms with Gasteiger partial charge >= 0.3 is 0 Å². The van der Waals surface area contributed by atoms with Gasteiger partial charge in [-0.1, -0.05) is 6.92 Å². The smallest absolute Gasteiger partial charge is 0.0574 e. The number of hydrogen-bond acceptors (Lipinski definition) is 4. The van der Waals surface area contributed by atoms with Crippen molar-refractivity contribution in [2.24, 2.45) is 5.92 Å². The predicted molar refractivity (Wildman–Crippen MR) is 83.1 cm³/mol. The summed E-state index contributed by atoms with van der Waals surface area (Å²) in [6.45, 7) is 5.04. The van der Waals surface area contributed by atoms with Gasteiger partial charge < -0.3 is 15.0 Å². The Morgan fingerprint density at radius 3 is 2.90 bits per heavy atom. The third-order valence-corrected chi connectivity index (χ3v) is 4.11. The Morgan fingerprint density at radius 1 is 1.50 bits per heavy atom. The lowest BCUT2D eigenvalue weighted by molar-refractivity contribution is 0.0576. The van der Waals surface area contributed by atoms with Gasteiger partial charge in [0.05, 0.1) is 24.2 Å². The fraction of sp³-hybridized carbons (Fsp3) is 0.688. The van der Waals surface area contributed by atoms with Crippen molar-refractivity contribution in [3.63, 3.8) is 0 Å². The number of pyridine rings is 1. The van der Waals surface area contributed by atoms with Crippen molar-refractivity contribution in [3.05, 3.63) is 24.0 Å². The maximum absolute atomic E-state index is 5.55. The van der Waals surface area contributed by atoms with Gasteiger partial charge in [0.15, 0.2) is 0 Å². The second-order valence-corrected chi connectivity index (χ2v) is 5.65. The van der Waals surface area contributed by atoms with Crippen molar-refractivity contribution < 1.29 is 4.74 Å². The first kappa shape index (κ1) is 15.3. The first-order chi connectivity index (χ1) is 9.74. The van der Waals surface area contributed by atoms with Crippen LogP contribution in [0, 0.1) is 5.92 Å². The minimum Gasteiger partial charge on any atom is -0.381 e. The molecule has 1 aliphatic rings. The van der Waals surface area contributed by atoms with E-state index in [4.69, 9.17) is 4.74 Å². The summed E-state index contributed by atoms with van der Waals surface area (Å²) in [4.78, 5) is 6.89. The normalized spacial score (nSPS) is 20.6. The number of rotatable bonds is 6. The molecule has 112 valence electrons.